The summed E-state index contributed by atoms with van der Waals surface area (Å²) < 4.78 is 0. The molecule has 0 radical (unpaired) electrons. The van der Waals surface area contributed by atoms with E-state index in [2.05, 4.69) is 4.98 Å². The lowest BCUT2D eigenvalue weighted by molar-refractivity contribution is -0.134. The van der Waals surface area contributed by atoms with E-state index in [0.717, 1.165) is 16.1 Å². The zero-order valence-corrected chi connectivity index (χ0v) is 16.4. The van der Waals surface area contributed by atoms with Crippen molar-refractivity contribution in [3.63, 3.8) is 0 Å². The molecule has 2 heterocycles. The highest BCUT2D eigenvalue weighted by molar-refractivity contribution is 7.09. The first-order chi connectivity index (χ1) is 13.6. The van der Waals surface area contributed by atoms with Gasteiger partial charge in [-0.25, -0.2) is 4.98 Å². The van der Waals surface area contributed by atoms with Crippen molar-refractivity contribution in [2.75, 3.05) is 6.54 Å². The summed E-state index contributed by atoms with van der Waals surface area (Å²) in [4.78, 5) is 33.7. The number of benzene rings is 2. The molecule has 0 N–H and O–H groups in total. The lowest BCUT2D eigenvalue weighted by Crippen LogP contribution is -2.41. The molecule has 6 heteroatoms. The first-order valence-electron chi connectivity index (χ1n) is 9.23. The van der Waals surface area contributed by atoms with E-state index in [4.69, 9.17) is 0 Å². The summed E-state index contributed by atoms with van der Waals surface area (Å²) >= 11 is 1.53. The van der Waals surface area contributed by atoms with Crippen LogP contribution in [0.5, 0.6) is 0 Å². The Morgan fingerprint density at radius 1 is 1.18 bits per heavy atom. The van der Waals surface area contributed by atoms with Crippen LogP contribution in [0.3, 0.4) is 0 Å². The first-order valence-corrected chi connectivity index (χ1v) is 10.1. The summed E-state index contributed by atoms with van der Waals surface area (Å²) in [5, 5.41) is 2.79. The molecule has 1 aliphatic heterocycles. The van der Waals surface area contributed by atoms with Crippen molar-refractivity contribution in [2.45, 2.75) is 26.1 Å². The summed E-state index contributed by atoms with van der Waals surface area (Å²) in [5.74, 6) is -0.154. The molecule has 0 saturated heterocycles. The van der Waals surface area contributed by atoms with Crippen molar-refractivity contribution >= 4 is 23.2 Å². The first kappa shape index (κ1) is 18.4. The van der Waals surface area contributed by atoms with Gasteiger partial charge < -0.3 is 9.80 Å². The fraction of sp³-hybridized carbons (Fsp3) is 0.227. The summed E-state index contributed by atoms with van der Waals surface area (Å²) in [6, 6.07) is 17.4. The van der Waals surface area contributed by atoms with Crippen LogP contribution in [-0.4, -0.2) is 33.1 Å². The molecule has 28 heavy (non-hydrogen) atoms. The highest BCUT2D eigenvalue weighted by Crippen LogP contribution is 2.26. The number of carbonyl (C=O) groups excluding carboxylic acids is 2. The second-order valence-corrected chi connectivity index (χ2v) is 7.83. The third-order valence-electron chi connectivity index (χ3n) is 5.08. The third kappa shape index (κ3) is 3.68. The topological polar surface area (TPSA) is 53.5 Å². The summed E-state index contributed by atoms with van der Waals surface area (Å²) in [7, 11) is 0. The number of thiazole rings is 1. The van der Waals surface area contributed by atoms with Gasteiger partial charge >= 0.3 is 0 Å². The van der Waals surface area contributed by atoms with Gasteiger partial charge in [0.25, 0.3) is 5.91 Å². The molecule has 5 nitrogen and oxygen atoms in total. The second-order valence-electron chi connectivity index (χ2n) is 6.85. The van der Waals surface area contributed by atoms with Gasteiger partial charge in [0, 0.05) is 23.7 Å². The predicted molar refractivity (Wildman–Crippen MR) is 109 cm³/mol. The quantitative estimate of drug-likeness (QED) is 0.641. The molecule has 2 aromatic carbocycles. The molecule has 1 aromatic heterocycles. The Morgan fingerprint density at radius 3 is 2.64 bits per heavy atom. The largest absolute Gasteiger partial charge is 0.328 e. The minimum Gasteiger partial charge on any atom is -0.328 e. The Morgan fingerprint density at radius 2 is 1.93 bits per heavy atom. The highest BCUT2D eigenvalue weighted by atomic mass is 32.1. The zero-order chi connectivity index (χ0) is 19.5. The highest BCUT2D eigenvalue weighted by Gasteiger charge is 2.31. The van der Waals surface area contributed by atoms with Gasteiger partial charge in [0.1, 0.15) is 11.6 Å². The molecule has 0 bridgehead atoms. The third-order valence-corrected chi connectivity index (χ3v) is 5.85. The van der Waals surface area contributed by atoms with Crippen molar-refractivity contribution < 1.29 is 9.59 Å². The molecule has 4 rings (SSSR count). The van der Waals surface area contributed by atoms with Gasteiger partial charge in [-0.15, -0.1) is 11.3 Å². The van der Waals surface area contributed by atoms with Crippen LogP contribution in [0.4, 0.5) is 0 Å². The van der Waals surface area contributed by atoms with Crippen LogP contribution in [0.25, 0.3) is 0 Å². The maximum atomic E-state index is 13.2. The van der Waals surface area contributed by atoms with Crippen molar-refractivity contribution in [3.05, 3.63) is 87.9 Å². The van der Waals surface area contributed by atoms with Gasteiger partial charge in [0.15, 0.2) is 0 Å². The van der Waals surface area contributed by atoms with Crippen LogP contribution >= 0.6 is 11.3 Å². The van der Waals surface area contributed by atoms with Crippen LogP contribution in [0.15, 0.2) is 66.2 Å². The van der Waals surface area contributed by atoms with Gasteiger partial charge in [-0.05, 0) is 24.1 Å². The minimum atomic E-state index is -0.113. The molecule has 2 amide bonds. The van der Waals surface area contributed by atoms with Gasteiger partial charge in [-0.3, -0.25) is 9.59 Å². The van der Waals surface area contributed by atoms with E-state index >= 15 is 0 Å². The number of rotatable bonds is 6. The molecule has 0 fully saturated rings. The van der Waals surface area contributed by atoms with Crippen molar-refractivity contribution in [2.24, 2.45) is 0 Å². The van der Waals surface area contributed by atoms with Crippen LogP contribution in [0.1, 0.15) is 39.5 Å². The number of hydrogen-bond donors (Lipinski definition) is 0. The van der Waals surface area contributed by atoms with E-state index in [1.165, 1.54) is 11.3 Å². The van der Waals surface area contributed by atoms with Crippen molar-refractivity contribution in [1.82, 2.24) is 14.8 Å². The standard InChI is InChI=1S/C22H21N3O2S/c1-16(17-7-3-2-4-8-17)25(14-20-23-11-12-28-20)21(26)15-24-13-18-9-5-6-10-19(18)22(24)27/h2-12,16H,13-15H2,1H3/t16-/m1/s1. The lowest BCUT2D eigenvalue weighted by atomic mass is 10.1. The molecular formula is C22H21N3O2S. The van der Waals surface area contributed by atoms with Gasteiger partial charge in [0.2, 0.25) is 5.91 Å². The number of nitrogens with zero attached hydrogens (tertiary/aromatic N) is 3. The van der Waals surface area contributed by atoms with E-state index in [0.29, 0.717) is 18.7 Å². The van der Waals surface area contributed by atoms with Gasteiger partial charge in [-0.1, -0.05) is 48.5 Å². The van der Waals surface area contributed by atoms with E-state index in [1.807, 2.05) is 71.8 Å². The number of amides is 2. The number of hydrogen-bond acceptors (Lipinski definition) is 4. The molecule has 0 unspecified atom stereocenters. The number of aromatic nitrogens is 1. The molecule has 3 aromatic rings. The Labute approximate surface area is 168 Å². The van der Waals surface area contributed by atoms with Crippen LogP contribution < -0.4 is 0 Å². The average Bonchev–Trinajstić information content (AvgIpc) is 3.35. The van der Waals surface area contributed by atoms with E-state index < -0.39 is 0 Å². The summed E-state index contributed by atoms with van der Waals surface area (Å²) in [5.41, 5.74) is 2.73. The molecular weight excluding hydrogens is 370 g/mol. The molecule has 0 aliphatic carbocycles. The van der Waals surface area contributed by atoms with E-state index in [-0.39, 0.29) is 24.4 Å². The normalized spacial score (nSPS) is 14.0. The molecule has 1 atom stereocenters. The summed E-state index contributed by atoms with van der Waals surface area (Å²) in [6.45, 7) is 2.99. The van der Waals surface area contributed by atoms with Gasteiger partial charge in [-0.2, -0.15) is 0 Å². The second kappa shape index (κ2) is 7.94. The maximum absolute atomic E-state index is 13.2. The van der Waals surface area contributed by atoms with Crippen LogP contribution in [0, 0.1) is 0 Å². The maximum Gasteiger partial charge on any atom is 0.254 e. The average molecular weight is 391 g/mol. The molecule has 0 spiro atoms. The lowest BCUT2D eigenvalue weighted by Gasteiger charge is -2.30. The SMILES string of the molecule is C[C@H](c1ccccc1)N(Cc1nccs1)C(=O)CN1Cc2ccccc2C1=O. The molecule has 0 saturated carbocycles. The Bertz CT molecular complexity index is 972. The smallest absolute Gasteiger partial charge is 0.254 e. The zero-order valence-electron chi connectivity index (χ0n) is 15.6. The number of fused-ring (bicyclic) bond motifs is 1. The fourth-order valence-electron chi connectivity index (χ4n) is 3.53. The van der Waals surface area contributed by atoms with Crippen LogP contribution in [0.2, 0.25) is 0 Å². The summed E-state index contributed by atoms with van der Waals surface area (Å²) in [6.07, 6.45) is 1.75. The number of carbonyl (C=O) groups is 2. The van der Waals surface area contributed by atoms with Crippen molar-refractivity contribution in [3.8, 4) is 0 Å². The Kier molecular flexibility index (Phi) is 5.21. The molecule has 142 valence electrons. The van der Waals surface area contributed by atoms with Gasteiger partial charge in [0.05, 0.1) is 12.6 Å². The Hall–Kier alpha value is -2.99. The monoisotopic (exact) mass is 391 g/mol. The minimum absolute atomic E-state index is 0.0655. The predicted octanol–water partition coefficient (Wildman–Crippen LogP) is 3.89. The van der Waals surface area contributed by atoms with E-state index in [1.54, 1.807) is 11.1 Å². The molecule has 1 aliphatic rings. The Balaban J connectivity index is 1.54. The van der Waals surface area contributed by atoms with Crippen molar-refractivity contribution in [1.29, 1.82) is 0 Å². The fourth-order valence-corrected chi connectivity index (χ4v) is 4.14. The van der Waals surface area contributed by atoms with E-state index in [9.17, 15) is 9.59 Å². The van der Waals surface area contributed by atoms with Crippen LogP contribution in [-0.2, 0) is 17.9 Å².